The number of hydrogen-bond acceptors (Lipinski definition) is 2. The van der Waals surface area contributed by atoms with Crippen LogP contribution in [-0.4, -0.2) is 10.5 Å². The van der Waals surface area contributed by atoms with Crippen LogP contribution in [-0.2, 0) is 19.3 Å². The van der Waals surface area contributed by atoms with E-state index >= 15 is 0 Å². The Labute approximate surface area is 102 Å². The number of rotatable bonds is 2. The predicted octanol–water partition coefficient (Wildman–Crippen LogP) is 2.12. The topological polar surface area (TPSA) is 38.9 Å². The van der Waals surface area contributed by atoms with Crippen molar-refractivity contribution in [3.63, 3.8) is 0 Å². The Balaban J connectivity index is 1.82. The maximum Gasteiger partial charge on any atom is 0.0276 e. The van der Waals surface area contributed by atoms with Crippen LogP contribution >= 0.6 is 0 Å². The molecule has 0 atom stereocenters. The molecule has 0 saturated carbocycles. The average Bonchev–Trinajstić information content (AvgIpc) is 2.66. The maximum absolute atomic E-state index is 6.52. The highest BCUT2D eigenvalue weighted by Gasteiger charge is 2.33. The summed E-state index contributed by atoms with van der Waals surface area (Å²) < 4.78 is 0. The van der Waals surface area contributed by atoms with Gasteiger partial charge in [-0.25, -0.2) is 0 Å². The molecular formula is C15H16N2. The van der Waals surface area contributed by atoms with E-state index in [0.29, 0.717) is 0 Å². The third kappa shape index (κ3) is 2.08. The Morgan fingerprint density at radius 1 is 1.00 bits per heavy atom. The van der Waals surface area contributed by atoms with E-state index in [2.05, 4.69) is 41.4 Å². The van der Waals surface area contributed by atoms with E-state index in [9.17, 15) is 0 Å². The molecular weight excluding hydrogens is 208 g/mol. The van der Waals surface area contributed by atoms with Crippen molar-refractivity contribution in [2.45, 2.75) is 24.8 Å². The van der Waals surface area contributed by atoms with Crippen LogP contribution in [0.4, 0.5) is 0 Å². The number of nitrogens with two attached hydrogens (primary N) is 1. The van der Waals surface area contributed by atoms with Crippen molar-refractivity contribution < 1.29 is 0 Å². The number of hydrogen-bond donors (Lipinski definition) is 1. The number of pyridine rings is 1. The molecule has 0 unspecified atom stereocenters. The molecule has 0 saturated heterocycles. The van der Waals surface area contributed by atoms with Crippen LogP contribution in [0.3, 0.4) is 0 Å². The van der Waals surface area contributed by atoms with Crippen molar-refractivity contribution >= 4 is 0 Å². The molecule has 1 heterocycles. The van der Waals surface area contributed by atoms with E-state index in [1.165, 1.54) is 16.7 Å². The van der Waals surface area contributed by atoms with Gasteiger partial charge in [-0.3, -0.25) is 4.98 Å². The van der Waals surface area contributed by atoms with E-state index in [0.717, 1.165) is 19.3 Å². The van der Waals surface area contributed by atoms with Crippen LogP contribution in [0.2, 0.25) is 0 Å². The Morgan fingerprint density at radius 3 is 2.18 bits per heavy atom. The van der Waals surface area contributed by atoms with E-state index < -0.39 is 0 Å². The molecule has 0 radical (unpaired) electrons. The Hall–Kier alpha value is -1.67. The first kappa shape index (κ1) is 10.5. The lowest BCUT2D eigenvalue weighted by atomic mass is 9.89. The van der Waals surface area contributed by atoms with Gasteiger partial charge in [0.2, 0.25) is 0 Å². The van der Waals surface area contributed by atoms with Gasteiger partial charge in [0.25, 0.3) is 0 Å². The molecule has 2 heteroatoms. The zero-order valence-electron chi connectivity index (χ0n) is 9.76. The molecule has 0 bridgehead atoms. The first-order valence-corrected chi connectivity index (χ1v) is 6.00. The highest BCUT2D eigenvalue weighted by molar-refractivity contribution is 5.37. The van der Waals surface area contributed by atoms with Crippen LogP contribution in [0.5, 0.6) is 0 Å². The van der Waals surface area contributed by atoms with Crippen LogP contribution < -0.4 is 5.73 Å². The van der Waals surface area contributed by atoms with Gasteiger partial charge < -0.3 is 5.73 Å². The molecule has 86 valence electrons. The third-order valence-corrected chi connectivity index (χ3v) is 3.51. The molecule has 1 aliphatic carbocycles. The summed E-state index contributed by atoms with van der Waals surface area (Å²) in [7, 11) is 0. The van der Waals surface area contributed by atoms with Gasteiger partial charge >= 0.3 is 0 Å². The fraction of sp³-hybridized carbons (Fsp3) is 0.267. The van der Waals surface area contributed by atoms with Crippen molar-refractivity contribution in [1.82, 2.24) is 4.98 Å². The molecule has 1 aromatic heterocycles. The zero-order valence-corrected chi connectivity index (χ0v) is 9.76. The lowest BCUT2D eigenvalue weighted by Gasteiger charge is -2.23. The molecule has 2 aromatic rings. The Bertz CT molecular complexity index is 494. The molecule has 2 N–H and O–H groups in total. The molecule has 0 amide bonds. The maximum atomic E-state index is 6.52. The minimum Gasteiger partial charge on any atom is -0.324 e. The first-order chi connectivity index (χ1) is 8.25. The van der Waals surface area contributed by atoms with Gasteiger partial charge in [-0.05, 0) is 48.1 Å². The number of nitrogens with zero attached hydrogens (tertiary/aromatic N) is 1. The first-order valence-electron chi connectivity index (χ1n) is 6.00. The van der Waals surface area contributed by atoms with E-state index in [4.69, 9.17) is 5.73 Å². The smallest absolute Gasteiger partial charge is 0.0276 e. The minimum absolute atomic E-state index is 0.120. The van der Waals surface area contributed by atoms with E-state index in [1.54, 1.807) is 0 Å². The van der Waals surface area contributed by atoms with Gasteiger partial charge in [0.05, 0.1) is 0 Å². The van der Waals surface area contributed by atoms with Crippen molar-refractivity contribution in [2.75, 3.05) is 0 Å². The van der Waals surface area contributed by atoms with Crippen molar-refractivity contribution in [3.8, 4) is 0 Å². The fourth-order valence-electron chi connectivity index (χ4n) is 2.76. The molecule has 0 fully saturated rings. The van der Waals surface area contributed by atoms with Crippen LogP contribution in [0, 0.1) is 0 Å². The summed E-state index contributed by atoms with van der Waals surface area (Å²) >= 11 is 0. The zero-order chi connectivity index (χ0) is 11.7. The predicted molar refractivity (Wildman–Crippen MR) is 68.7 cm³/mol. The normalized spacial score (nSPS) is 16.8. The second-order valence-electron chi connectivity index (χ2n) is 5.02. The highest BCUT2D eigenvalue weighted by atomic mass is 14.8. The summed E-state index contributed by atoms with van der Waals surface area (Å²) in [5.41, 5.74) is 10.5. The average molecular weight is 224 g/mol. The highest BCUT2D eigenvalue weighted by Crippen LogP contribution is 2.30. The second kappa shape index (κ2) is 3.97. The largest absolute Gasteiger partial charge is 0.324 e. The van der Waals surface area contributed by atoms with Crippen LogP contribution in [0.15, 0.2) is 48.8 Å². The number of fused-ring (bicyclic) bond motifs is 1. The van der Waals surface area contributed by atoms with Gasteiger partial charge in [-0.1, -0.05) is 24.3 Å². The molecule has 17 heavy (non-hydrogen) atoms. The Morgan fingerprint density at radius 2 is 1.59 bits per heavy atom. The standard InChI is InChI=1S/C15H16N2/c16-15(9-12-5-7-17-8-6-12)10-13-3-1-2-4-14(13)11-15/h1-8H,9-11,16H2. The summed E-state index contributed by atoms with van der Waals surface area (Å²) in [4.78, 5) is 4.04. The summed E-state index contributed by atoms with van der Waals surface area (Å²) in [6.07, 6.45) is 6.54. The Kier molecular flexibility index (Phi) is 2.45. The van der Waals surface area contributed by atoms with Crippen LogP contribution in [0.25, 0.3) is 0 Å². The molecule has 1 aliphatic rings. The van der Waals surface area contributed by atoms with Gasteiger partial charge in [0, 0.05) is 17.9 Å². The molecule has 0 aliphatic heterocycles. The minimum atomic E-state index is -0.120. The van der Waals surface area contributed by atoms with Crippen LogP contribution in [0.1, 0.15) is 16.7 Å². The second-order valence-corrected chi connectivity index (χ2v) is 5.02. The lowest BCUT2D eigenvalue weighted by Crippen LogP contribution is -2.42. The number of benzene rings is 1. The van der Waals surface area contributed by atoms with Gasteiger partial charge in [0.1, 0.15) is 0 Å². The van der Waals surface area contributed by atoms with Crippen molar-refractivity contribution in [1.29, 1.82) is 0 Å². The molecule has 0 spiro atoms. The molecule has 2 nitrogen and oxygen atoms in total. The summed E-state index contributed by atoms with van der Waals surface area (Å²) in [5, 5.41) is 0. The van der Waals surface area contributed by atoms with Crippen molar-refractivity contribution in [3.05, 3.63) is 65.5 Å². The van der Waals surface area contributed by atoms with Gasteiger partial charge in [-0.2, -0.15) is 0 Å². The summed E-state index contributed by atoms with van der Waals surface area (Å²) in [6.45, 7) is 0. The van der Waals surface area contributed by atoms with E-state index in [-0.39, 0.29) is 5.54 Å². The molecule has 3 rings (SSSR count). The third-order valence-electron chi connectivity index (χ3n) is 3.51. The summed E-state index contributed by atoms with van der Waals surface area (Å²) in [5.74, 6) is 0. The molecule has 1 aromatic carbocycles. The monoisotopic (exact) mass is 224 g/mol. The number of aromatic nitrogens is 1. The van der Waals surface area contributed by atoms with Gasteiger partial charge in [-0.15, -0.1) is 0 Å². The van der Waals surface area contributed by atoms with E-state index in [1.807, 2.05) is 12.4 Å². The SMILES string of the molecule is NC1(Cc2ccncc2)Cc2ccccc2C1. The lowest BCUT2D eigenvalue weighted by molar-refractivity contribution is 0.446. The van der Waals surface area contributed by atoms with Crippen molar-refractivity contribution in [2.24, 2.45) is 5.73 Å². The van der Waals surface area contributed by atoms with Gasteiger partial charge in [0.15, 0.2) is 0 Å². The summed E-state index contributed by atoms with van der Waals surface area (Å²) in [6, 6.07) is 12.7. The quantitative estimate of drug-likeness (QED) is 0.848. The fourth-order valence-corrected chi connectivity index (χ4v) is 2.76.